The molecule has 4 rings (SSSR count). The molecule has 0 bridgehead atoms. The highest BCUT2D eigenvalue weighted by molar-refractivity contribution is 7.86. The molecule has 9 nitrogen and oxygen atoms in total. The highest BCUT2D eigenvalue weighted by Crippen LogP contribution is 2.25. The standard InChI is InChI=1S/C18H23N5O4S/c1-22(2)28(25,26)23-8-7-14-15(10-23)20-21-17(14)18(24)19-13-9-12-5-3-4-6-16(12)27-11-13/h3-6,13H,7-11H2,1-2H3,(H,19,24)(H,20,21). The molecule has 1 unspecified atom stereocenters. The predicted molar refractivity (Wildman–Crippen MR) is 102 cm³/mol. The molecule has 0 spiro atoms. The second-order valence-corrected chi connectivity index (χ2v) is 9.34. The zero-order valence-corrected chi connectivity index (χ0v) is 16.6. The van der Waals surface area contributed by atoms with Crippen LogP contribution in [0.2, 0.25) is 0 Å². The summed E-state index contributed by atoms with van der Waals surface area (Å²) in [4.78, 5) is 12.8. The van der Waals surface area contributed by atoms with Crippen molar-refractivity contribution >= 4 is 16.1 Å². The molecule has 1 amide bonds. The summed E-state index contributed by atoms with van der Waals surface area (Å²) in [6.07, 6.45) is 1.13. The fourth-order valence-electron chi connectivity index (χ4n) is 3.58. The van der Waals surface area contributed by atoms with Crippen LogP contribution >= 0.6 is 0 Å². The molecule has 2 aliphatic heterocycles. The summed E-state index contributed by atoms with van der Waals surface area (Å²) in [6, 6.07) is 7.65. The maximum absolute atomic E-state index is 12.8. The number of carbonyl (C=O) groups is 1. The van der Waals surface area contributed by atoms with Crippen LogP contribution in [0.1, 0.15) is 27.3 Å². The van der Waals surface area contributed by atoms with Crippen molar-refractivity contribution in [2.45, 2.75) is 25.4 Å². The van der Waals surface area contributed by atoms with Gasteiger partial charge >= 0.3 is 0 Å². The van der Waals surface area contributed by atoms with Crippen LogP contribution < -0.4 is 10.1 Å². The number of aromatic nitrogens is 2. The molecule has 0 aliphatic carbocycles. The van der Waals surface area contributed by atoms with Gasteiger partial charge in [0.1, 0.15) is 12.4 Å². The Morgan fingerprint density at radius 3 is 2.93 bits per heavy atom. The van der Waals surface area contributed by atoms with E-state index in [0.29, 0.717) is 37.4 Å². The minimum absolute atomic E-state index is 0.135. The summed E-state index contributed by atoms with van der Waals surface area (Å²) in [5.41, 5.74) is 2.83. The van der Waals surface area contributed by atoms with Gasteiger partial charge in [0.05, 0.1) is 18.3 Å². The summed E-state index contributed by atoms with van der Waals surface area (Å²) in [7, 11) is -0.501. The molecule has 0 fully saturated rings. The van der Waals surface area contributed by atoms with E-state index >= 15 is 0 Å². The number of hydrogen-bond donors (Lipinski definition) is 2. The molecule has 2 N–H and O–H groups in total. The molecular weight excluding hydrogens is 382 g/mol. The SMILES string of the molecule is CN(C)S(=O)(=O)N1CCc2c(C(=O)NC3COc4ccccc4C3)n[nH]c2C1. The number of amides is 1. The average molecular weight is 405 g/mol. The Bertz CT molecular complexity index is 1000. The number of para-hydroxylation sites is 1. The molecule has 2 aliphatic rings. The van der Waals surface area contributed by atoms with E-state index in [9.17, 15) is 13.2 Å². The fraction of sp³-hybridized carbons (Fsp3) is 0.444. The second kappa shape index (κ2) is 7.19. The van der Waals surface area contributed by atoms with E-state index in [2.05, 4.69) is 15.5 Å². The lowest BCUT2D eigenvalue weighted by molar-refractivity contribution is 0.0909. The maximum atomic E-state index is 12.8. The molecule has 10 heteroatoms. The van der Waals surface area contributed by atoms with E-state index in [1.165, 1.54) is 22.7 Å². The van der Waals surface area contributed by atoms with Crippen molar-refractivity contribution in [3.8, 4) is 5.75 Å². The summed E-state index contributed by atoms with van der Waals surface area (Å²) >= 11 is 0. The molecule has 0 saturated carbocycles. The van der Waals surface area contributed by atoms with Crippen LogP contribution in [0.3, 0.4) is 0 Å². The number of nitrogens with zero attached hydrogens (tertiary/aromatic N) is 3. The van der Waals surface area contributed by atoms with Gasteiger partial charge in [0.25, 0.3) is 16.1 Å². The van der Waals surface area contributed by atoms with E-state index in [-0.39, 0.29) is 18.5 Å². The topological polar surface area (TPSA) is 108 Å². The lowest BCUT2D eigenvalue weighted by Gasteiger charge is -2.28. The van der Waals surface area contributed by atoms with Crippen molar-refractivity contribution in [2.75, 3.05) is 27.2 Å². The second-order valence-electron chi connectivity index (χ2n) is 7.20. The van der Waals surface area contributed by atoms with Gasteiger partial charge in [-0.15, -0.1) is 0 Å². The normalized spacial score (nSPS) is 19.6. The first-order valence-electron chi connectivity index (χ1n) is 9.11. The van der Waals surface area contributed by atoms with E-state index in [4.69, 9.17) is 4.74 Å². The molecule has 1 atom stereocenters. The third-order valence-electron chi connectivity index (χ3n) is 5.12. The quantitative estimate of drug-likeness (QED) is 0.761. The fourth-order valence-corrected chi connectivity index (χ4v) is 4.66. The van der Waals surface area contributed by atoms with E-state index in [1.807, 2.05) is 24.3 Å². The average Bonchev–Trinajstić information content (AvgIpc) is 3.11. The van der Waals surface area contributed by atoms with Crippen molar-refractivity contribution in [3.05, 3.63) is 46.8 Å². The highest BCUT2D eigenvalue weighted by Gasteiger charge is 2.33. The molecule has 3 heterocycles. The number of nitrogens with one attached hydrogen (secondary N) is 2. The number of fused-ring (bicyclic) bond motifs is 2. The number of H-pyrrole nitrogens is 1. The first kappa shape index (κ1) is 18.9. The van der Waals surface area contributed by atoms with E-state index < -0.39 is 10.2 Å². The summed E-state index contributed by atoms with van der Waals surface area (Å²) in [5, 5.41) is 9.98. The van der Waals surface area contributed by atoms with Crippen LogP contribution in [0, 0.1) is 0 Å². The lowest BCUT2D eigenvalue weighted by atomic mass is 10.0. The Morgan fingerprint density at radius 2 is 2.14 bits per heavy atom. The van der Waals surface area contributed by atoms with Gasteiger partial charge in [-0.25, -0.2) is 0 Å². The molecule has 0 radical (unpaired) electrons. The van der Waals surface area contributed by atoms with E-state index in [0.717, 1.165) is 16.9 Å². The van der Waals surface area contributed by atoms with Gasteiger partial charge in [-0.1, -0.05) is 18.2 Å². The Labute approximate surface area is 163 Å². The largest absolute Gasteiger partial charge is 0.491 e. The van der Waals surface area contributed by atoms with Gasteiger partial charge in [0.2, 0.25) is 0 Å². The van der Waals surface area contributed by atoms with Crippen molar-refractivity contribution in [1.82, 2.24) is 24.1 Å². The summed E-state index contributed by atoms with van der Waals surface area (Å²) in [6.45, 7) is 0.896. The summed E-state index contributed by atoms with van der Waals surface area (Å²) < 4.78 is 32.9. The van der Waals surface area contributed by atoms with Crippen LogP contribution in [0.25, 0.3) is 0 Å². The van der Waals surface area contributed by atoms with Gasteiger partial charge in [0.15, 0.2) is 5.69 Å². The van der Waals surface area contributed by atoms with Gasteiger partial charge in [-0.3, -0.25) is 9.89 Å². The van der Waals surface area contributed by atoms with Crippen molar-refractivity contribution in [3.63, 3.8) is 0 Å². The van der Waals surface area contributed by atoms with Crippen LogP contribution in [0.15, 0.2) is 24.3 Å². The molecule has 1 aromatic carbocycles. The number of aromatic amines is 1. The van der Waals surface area contributed by atoms with Gasteiger partial charge in [-0.2, -0.15) is 22.1 Å². The zero-order valence-electron chi connectivity index (χ0n) is 15.8. The minimum Gasteiger partial charge on any atom is -0.491 e. The molecule has 0 saturated heterocycles. The van der Waals surface area contributed by atoms with Gasteiger partial charge in [-0.05, 0) is 24.5 Å². The number of benzene rings is 1. The van der Waals surface area contributed by atoms with Crippen LogP contribution in [0.4, 0.5) is 0 Å². The minimum atomic E-state index is -3.50. The molecule has 28 heavy (non-hydrogen) atoms. The van der Waals surface area contributed by atoms with Crippen LogP contribution in [-0.2, 0) is 29.6 Å². The first-order chi connectivity index (χ1) is 13.4. The van der Waals surface area contributed by atoms with Crippen molar-refractivity contribution in [2.24, 2.45) is 0 Å². The predicted octanol–water partition coefficient (Wildman–Crippen LogP) is 0.308. The highest BCUT2D eigenvalue weighted by atomic mass is 32.2. The monoisotopic (exact) mass is 405 g/mol. The van der Waals surface area contributed by atoms with E-state index in [1.54, 1.807) is 0 Å². The summed E-state index contributed by atoms with van der Waals surface area (Å²) in [5.74, 6) is 0.585. The number of hydrogen-bond acceptors (Lipinski definition) is 5. The van der Waals surface area contributed by atoms with Crippen molar-refractivity contribution < 1.29 is 17.9 Å². The third-order valence-corrected chi connectivity index (χ3v) is 7.00. The number of ether oxygens (including phenoxy) is 1. The van der Waals surface area contributed by atoms with Gasteiger partial charge in [0, 0.05) is 26.2 Å². The van der Waals surface area contributed by atoms with Crippen molar-refractivity contribution in [1.29, 1.82) is 0 Å². The van der Waals surface area contributed by atoms with Gasteiger partial charge < -0.3 is 10.1 Å². The lowest BCUT2D eigenvalue weighted by Crippen LogP contribution is -2.44. The zero-order chi connectivity index (χ0) is 19.9. The number of carbonyl (C=O) groups excluding carboxylic acids is 1. The number of rotatable bonds is 4. The van der Waals surface area contributed by atoms with Crippen LogP contribution in [-0.4, -0.2) is 66.4 Å². The first-order valence-corrected chi connectivity index (χ1v) is 10.5. The molecule has 150 valence electrons. The molecule has 2 aromatic rings. The van der Waals surface area contributed by atoms with Crippen LogP contribution in [0.5, 0.6) is 5.75 Å². The molecular formula is C18H23N5O4S. The molecule has 1 aromatic heterocycles. The Morgan fingerprint density at radius 1 is 1.36 bits per heavy atom. The Hall–Kier alpha value is -2.43. The Balaban J connectivity index is 1.46. The third kappa shape index (κ3) is 3.38. The maximum Gasteiger partial charge on any atom is 0.281 e. The Kier molecular flexibility index (Phi) is 4.86. The smallest absolute Gasteiger partial charge is 0.281 e.